The second-order valence-electron chi connectivity index (χ2n) is 5.26. The Balaban J connectivity index is 2.12. The summed E-state index contributed by atoms with van der Waals surface area (Å²) in [5.41, 5.74) is 11.0. The fraction of sp³-hybridized carbons (Fsp3) is 0.333. The van der Waals surface area contributed by atoms with Gasteiger partial charge in [0.2, 0.25) is 0 Å². The summed E-state index contributed by atoms with van der Waals surface area (Å²) in [4.78, 5) is 0. The molecule has 0 fully saturated rings. The van der Waals surface area contributed by atoms with Crippen molar-refractivity contribution >= 4 is 0 Å². The minimum absolute atomic E-state index is 0.0333. The first-order valence-electron chi connectivity index (χ1n) is 7.15. The number of rotatable bonds is 5. The molecule has 0 amide bonds. The van der Waals surface area contributed by atoms with Gasteiger partial charge in [-0.3, -0.25) is 0 Å². The number of aryl methyl sites for hydroxylation is 2. The molecule has 2 rings (SSSR count). The first-order valence-corrected chi connectivity index (χ1v) is 7.15. The normalized spacial score (nSPS) is 12.2. The van der Waals surface area contributed by atoms with E-state index in [1.165, 1.54) is 16.7 Å². The maximum absolute atomic E-state index is 6.13. The second kappa shape index (κ2) is 6.58. The van der Waals surface area contributed by atoms with Crippen LogP contribution in [0.25, 0.3) is 0 Å². The van der Waals surface area contributed by atoms with Crippen LogP contribution in [0.1, 0.15) is 41.6 Å². The highest BCUT2D eigenvalue weighted by Gasteiger charge is 2.09. The Labute approximate surface area is 121 Å². The minimum atomic E-state index is 0.0333. The summed E-state index contributed by atoms with van der Waals surface area (Å²) in [5.74, 6) is 0.889. The van der Waals surface area contributed by atoms with Crippen molar-refractivity contribution in [2.45, 2.75) is 39.8 Å². The van der Waals surface area contributed by atoms with Crippen LogP contribution in [-0.2, 0) is 6.61 Å². The molecule has 2 heteroatoms. The SMILES string of the molecule is CC[C@H](N)c1ccccc1OCc1ccc(C)c(C)c1. The molecule has 0 saturated heterocycles. The largest absolute Gasteiger partial charge is 0.489 e. The molecule has 0 unspecified atom stereocenters. The first kappa shape index (κ1) is 14.6. The summed E-state index contributed by atoms with van der Waals surface area (Å²) >= 11 is 0. The molecule has 0 saturated carbocycles. The van der Waals surface area contributed by atoms with Crippen LogP contribution in [0.5, 0.6) is 5.75 Å². The molecule has 0 spiro atoms. The van der Waals surface area contributed by atoms with Gasteiger partial charge in [0.1, 0.15) is 12.4 Å². The number of benzene rings is 2. The fourth-order valence-corrected chi connectivity index (χ4v) is 2.19. The van der Waals surface area contributed by atoms with Crippen LogP contribution in [-0.4, -0.2) is 0 Å². The van der Waals surface area contributed by atoms with E-state index in [-0.39, 0.29) is 6.04 Å². The zero-order valence-electron chi connectivity index (χ0n) is 12.5. The van der Waals surface area contributed by atoms with E-state index >= 15 is 0 Å². The molecule has 0 aliphatic heterocycles. The Hall–Kier alpha value is -1.80. The van der Waals surface area contributed by atoms with Crippen molar-refractivity contribution in [3.8, 4) is 5.75 Å². The third-order valence-corrected chi connectivity index (χ3v) is 3.72. The molecule has 2 N–H and O–H groups in total. The number of para-hydroxylation sites is 1. The maximum Gasteiger partial charge on any atom is 0.124 e. The van der Waals surface area contributed by atoms with Crippen molar-refractivity contribution in [2.24, 2.45) is 5.73 Å². The van der Waals surface area contributed by atoms with Gasteiger partial charge in [0.05, 0.1) is 0 Å². The minimum Gasteiger partial charge on any atom is -0.489 e. The van der Waals surface area contributed by atoms with Gasteiger partial charge in [0.25, 0.3) is 0 Å². The average molecular weight is 269 g/mol. The zero-order valence-corrected chi connectivity index (χ0v) is 12.5. The quantitative estimate of drug-likeness (QED) is 0.878. The van der Waals surface area contributed by atoms with Crippen LogP contribution in [0.2, 0.25) is 0 Å². The standard InChI is InChI=1S/C18H23NO/c1-4-17(19)16-7-5-6-8-18(16)20-12-15-10-9-13(2)14(3)11-15/h5-11,17H,4,12,19H2,1-3H3/t17-/m0/s1. The zero-order chi connectivity index (χ0) is 14.5. The van der Waals surface area contributed by atoms with E-state index in [9.17, 15) is 0 Å². The van der Waals surface area contributed by atoms with Crippen LogP contribution in [0.4, 0.5) is 0 Å². The molecule has 2 nitrogen and oxygen atoms in total. The molecule has 1 atom stereocenters. The number of hydrogen-bond acceptors (Lipinski definition) is 2. The smallest absolute Gasteiger partial charge is 0.124 e. The molecule has 2 aromatic rings. The number of nitrogens with two attached hydrogens (primary N) is 1. The van der Waals surface area contributed by atoms with E-state index in [0.717, 1.165) is 17.7 Å². The lowest BCUT2D eigenvalue weighted by atomic mass is 10.0. The predicted octanol–water partition coefficient (Wildman–Crippen LogP) is 4.29. The van der Waals surface area contributed by atoms with E-state index in [1.807, 2.05) is 24.3 Å². The molecule has 106 valence electrons. The molecular weight excluding hydrogens is 246 g/mol. The molecule has 0 radical (unpaired) electrons. The Bertz CT molecular complexity index is 577. The van der Waals surface area contributed by atoms with Gasteiger partial charge in [-0.2, -0.15) is 0 Å². The second-order valence-corrected chi connectivity index (χ2v) is 5.26. The van der Waals surface area contributed by atoms with Crippen molar-refractivity contribution in [3.63, 3.8) is 0 Å². The van der Waals surface area contributed by atoms with Crippen LogP contribution < -0.4 is 10.5 Å². The van der Waals surface area contributed by atoms with E-state index in [1.54, 1.807) is 0 Å². The number of ether oxygens (including phenoxy) is 1. The lowest BCUT2D eigenvalue weighted by Gasteiger charge is -2.16. The van der Waals surface area contributed by atoms with E-state index in [2.05, 4.69) is 39.0 Å². The van der Waals surface area contributed by atoms with E-state index < -0.39 is 0 Å². The highest BCUT2D eigenvalue weighted by atomic mass is 16.5. The summed E-state index contributed by atoms with van der Waals surface area (Å²) < 4.78 is 5.96. The van der Waals surface area contributed by atoms with Crippen molar-refractivity contribution in [2.75, 3.05) is 0 Å². The van der Waals surface area contributed by atoms with Gasteiger partial charge in [-0.25, -0.2) is 0 Å². The van der Waals surface area contributed by atoms with Crippen LogP contribution in [0, 0.1) is 13.8 Å². The van der Waals surface area contributed by atoms with Gasteiger partial charge < -0.3 is 10.5 Å². The number of hydrogen-bond donors (Lipinski definition) is 1. The maximum atomic E-state index is 6.13. The van der Waals surface area contributed by atoms with Crippen molar-refractivity contribution in [1.82, 2.24) is 0 Å². The summed E-state index contributed by atoms with van der Waals surface area (Å²) in [7, 11) is 0. The van der Waals surface area contributed by atoms with E-state index in [4.69, 9.17) is 10.5 Å². The van der Waals surface area contributed by atoms with Gasteiger partial charge in [0.15, 0.2) is 0 Å². The van der Waals surface area contributed by atoms with Crippen molar-refractivity contribution in [3.05, 3.63) is 64.7 Å². The van der Waals surface area contributed by atoms with Crippen LogP contribution in [0.3, 0.4) is 0 Å². The van der Waals surface area contributed by atoms with Crippen molar-refractivity contribution in [1.29, 1.82) is 0 Å². The summed E-state index contributed by atoms with van der Waals surface area (Å²) in [6.07, 6.45) is 0.907. The highest BCUT2D eigenvalue weighted by Crippen LogP contribution is 2.26. The Morgan fingerprint density at radius 1 is 1.05 bits per heavy atom. The monoisotopic (exact) mass is 269 g/mol. The summed E-state index contributed by atoms with van der Waals surface area (Å²) in [6, 6.07) is 14.5. The molecule has 0 aliphatic carbocycles. The van der Waals surface area contributed by atoms with Gasteiger partial charge in [0, 0.05) is 11.6 Å². The van der Waals surface area contributed by atoms with Gasteiger partial charge in [-0.05, 0) is 43.0 Å². The predicted molar refractivity (Wildman–Crippen MR) is 83.9 cm³/mol. The molecule has 20 heavy (non-hydrogen) atoms. The molecule has 0 aromatic heterocycles. The fourth-order valence-electron chi connectivity index (χ4n) is 2.19. The van der Waals surface area contributed by atoms with Gasteiger partial charge in [-0.15, -0.1) is 0 Å². The lowest BCUT2D eigenvalue weighted by molar-refractivity contribution is 0.300. The Morgan fingerprint density at radius 2 is 1.80 bits per heavy atom. The molecular formula is C18H23NO. The lowest BCUT2D eigenvalue weighted by Crippen LogP contribution is -2.10. The Morgan fingerprint density at radius 3 is 2.50 bits per heavy atom. The summed E-state index contributed by atoms with van der Waals surface area (Å²) in [5, 5.41) is 0. The third kappa shape index (κ3) is 3.40. The highest BCUT2D eigenvalue weighted by molar-refractivity contribution is 5.36. The molecule has 0 aliphatic rings. The van der Waals surface area contributed by atoms with E-state index in [0.29, 0.717) is 6.61 Å². The van der Waals surface area contributed by atoms with Crippen molar-refractivity contribution < 1.29 is 4.74 Å². The average Bonchev–Trinajstić information content (AvgIpc) is 2.48. The topological polar surface area (TPSA) is 35.2 Å². The summed E-state index contributed by atoms with van der Waals surface area (Å²) in [6.45, 7) is 6.91. The third-order valence-electron chi connectivity index (χ3n) is 3.72. The van der Waals surface area contributed by atoms with Crippen LogP contribution >= 0.6 is 0 Å². The first-order chi connectivity index (χ1) is 9.61. The van der Waals surface area contributed by atoms with Gasteiger partial charge in [-0.1, -0.05) is 43.3 Å². The van der Waals surface area contributed by atoms with Gasteiger partial charge >= 0.3 is 0 Å². The Kier molecular flexibility index (Phi) is 4.80. The molecule has 2 aromatic carbocycles. The molecule has 0 bridgehead atoms. The van der Waals surface area contributed by atoms with Crippen LogP contribution in [0.15, 0.2) is 42.5 Å². The molecule has 0 heterocycles.